The number of benzene rings is 1. The number of carbonyl (C=O) groups excluding carboxylic acids is 2. The van der Waals surface area contributed by atoms with Crippen molar-refractivity contribution in [3.05, 3.63) is 29.8 Å². The van der Waals surface area contributed by atoms with Crippen LogP contribution in [0.2, 0.25) is 0 Å². The first-order chi connectivity index (χ1) is 10.0. The van der Waals surface area contributed by atoms with Crippen molar-refractivity contribution in [2.75, 3.05) is 5.32 Å². The number of hydrogen-bond donors (Lipinski definition) is 3. The van der Waals surface area contributed by atoms with E-state index in [1.165, 1.54) is 0 Å². The van der Waals surface area contributed by atoms with Gasteiger partial charge >= 0.3 is 5.97 Å². The first-order valence-electron chi connectivity index (χ1n) is 6.99. The summed E-state index contributed by atoms with van der Waals surface area (Å²) in [5, 5.41) is 14.4. The number of anilines is 1. The molecule has 0 heterocycles. The van der Waals surface area contributed by atoms with E-state index >= 15 is 0 Å². The Morgan fingerprint density at radius 3 is 2.52 bits per heavy atom. The summed E-state index contributed by atoms with van der Waals surface area (Å²) in [6, 6.07) is 6.94. The van der Waals surface area contributed by atoms with E-state index in [2.05, 4.69) is 10.6 Å². The van der Waals surface area contributed by atoms with Gasteiger partial charge in [0.25, 0.3) is 5.91 Å². The molecule has 1 aromatic carbocycles. The van der Waals surface area contributed by atoms with Gasteiger partial charge < -0.3 is 15.7 Å². The van der Waals surface area contributed by atoms with Crippen LogP contribution < -0.4 is 10.6 Å². The number of aliphatic carboxylic acids is 1. The van der Waals surface area contributed by atoms with Crippen molar-refractivity contribution in [1.82, 2.24) is 5.32 Å². The van der Waals surface area contributed by atoms with E-state index in [4.69, 9.17) is 5.11 Å². The summed E-state index contributed by atoms with van der Waals surface area (Å²) in [4.78, 5) is 34.6. The number of carbonyl (C=O) groups is 3. The Morgan fingerprint density at radius 1 is 1.14 bits per heavy atom. The molecular formula is C15H16N2O4. The molecule has 3 N–H and O–H groups in total. The smallest absolute Gasteiger partial charge is 0.307 e. The van der Waals surface area contributed by atoms with Crippen LogP contribution in [0.5, 0.6) is 0 Å². The van der Waals surface area contributed by atoms with Crippen LogP contribution in [0.3, 0.4) is 0 Å². The van der Waals surface area contributed by atoms with Gasteiger partial charge in [-0.1, -0.05) is 6.07 Å². The molecular weight excluding hydrogens is 272 g/mol. The second-order valence-electron chi connectivity index (χ2n) is 5.60. The Hall–Kier alpha value is -2.37. The highest BCUT2D eigenvalue weighted by Crippen LogP contribution is 2.39. The molecule has 0 radical (unpaired) electrons. The van der Waals surface area contributed by atoms with Gasteiger partial charge in [0.05, 0.1) is 11.8 Å². The fraction of sp³-hybridized carbons (Fsp3) is 0.400. The van der Waals surface area contributed by atoms with Crippen LogP contribution in [-0.2, 0) is 9.59 Å². The number of carboxylic acid groups (broad SMARTS) is 1. The third kappa shape index (κ3) is 3.21. The number of carboxylic acids is 1. The SMILES string of the molecule is O=C(NC1CC1)c1cccc(NC(=O)C2CC2C(=O)O)c1. The summed E-state index contributed by atoms with van der Waals surface area (Å²) in [6.07, 6.45) is 2.41. The van der Waals surface area contributed by atoms with Gasteiger partial charge in [-0.3, -0.25) is 14.4 Å². The summed E-state index contributed by atoms with van der Waals surface area (Å²) < 4.78 is 0. The van der Waals surface area contributed by atoms with Gasteiger partial charge in [-0.2, -0.15) is 0 Å². The van der Waals surface area contributed by atoms with Gasteiger partial charge in [-0.15, -0.1) is 0 Å². The largest absolute Gasteiger partial charge is 0.481 e. The second-order valence-corrected chi connectivity index (χ2v) is 5.60. The van der Waals surface area contributed by atoms with Crippen molar-refractivity contribution < 1.29 is 19.5 Å². The van der Waals surface area contributed by atoms with Gasteiger partial charge in [0, 0.05) is 17.3 Å². The summed E-state index contributed by atoms with van der Waals surface area (Å²) in [5.74, 6) is -2.43. The van der Waals surface area contributed by atoms with E-state index in [0.717, 1.165) is 12.8 Å². The van der Waals surface area contributed by atoms with E-state index in [1.54, 1.807) is 24.3 Å². The molecule has 0 saturated heterocycles. The molecule has 2 aliphatic carbocycles. The lowest BCUT2D eigenvalue weighted by molar-refractivity contribution is -0.139. The zero-order valence-corrected chi connectivity index (χ0v) is 11.3. The van der Waals surface area contributed by atoms with E-state index in [9.17, 15) is 14.4 Å². The molecule has 1 aromatic rings. The third-order valence-corrected chi connectivity index (χ3v) is 3.75. The first kappa shape index (κ1) is 13.6. The summed E-state index contributed by atoms with van der Waals surface area (Å²) in [7, 11) is 0. The molecule has 0 aromatic heterocycles. The highest BCUT2D eigenvalue weighted by molar-refractivity contribution is 6.00. The lowest BCUT2D eigenvalue weighted by atomic mass is 10.2. The fourth-order valence-electron chi connectivity index (χ4n) is 2.23. The summed E-state index contributed by atoms with van der Waals surface area (Å²) in [6.45, 7) is 0. The first-order valence-corrected chi connectivity index (χ1v) is 6.99. The molecule has 2 saturated carbocycles. The van der Waals surface area contributed by atoms with Crippen molar-refractivity contribution in [2.24, 2.45) is 11.8 Å². The van der Waals surface area contributed by atoms with E-state index in [-0.39, 0.29) is 17.9 Å². The molecule has 2 fully saturated rings. The Labute approximate surface area is 121 Å². The van der Waals surface area contributed by atoms with Crippen LogP contribution in [0.1, 0.15) is 29.6 Å². The molecule has 2 amide bonds. The Kier molecular flexibility index (Phi) is 3.37. The molecule has 2 unspecified atom stereocenters. The lowest BCUT2D eigenvalue weighted by Crippen LogP contribution is -2.25. The van der Waals surface area contributed by atoms with E-state index < -0.39 is 17.8 Å². The summed E-state index contributed by atoms with van der Waals surface area (Å²) in [5.41, 5.74) is 1.00. The average molecular weight is 288 g/mol. The van der Waals surface area contributed by atoms with Gasteiger partial charge in [-0.05, 0) is 37.5 Å². The Bertz CT molecular complexity index is 609. The zero-order valence-electron chi connectivity index (χ0n) is 11.3. The van der Waals surface area contributed by atoms with Crippen molar-refractivity contribution in [3.63, 3.8) is 0 Å². The molecule has 0 bridgehead atoms. The normalized spacial score (nSPS) is 23.2. The molecule has 2 aliphatic rings. The molecule has 0 aliphatic heterocycles. The fourth-order valence-corrected chi connectivity index (χ4v) is 2.23. The molecule has 110 valence electrons. The Morgan fingerprint density at radius 2 is 1.90 bits per heavy atom. The van der Waals surface area contributed by atoms with Crippen LogP contribution in [-0.4, -0.2) is 28.9 Å². The predicted molar refractivity (Wildman–Crippen MR) is 74.8 cm³/mol. The van der Waals surface area contributed by atoms with Gasteiger partial charge in [0.15, 0.2) is 0 Å². The zero-order chi connectivity index (χ0) is 15.0. The van der Waals surface area contributed by atoms with E-state index in [1.807, 2.05) is 0 Å². The minimum Gasteiger partial charge on any atom is -0.481 e. The number of nitrogens with one attached hydrogen (secondary N) is 2. The molecule has 21 heavy (non-hydrogen) atoms. The van der Waals surface area contributed by atoms with Gasteiger partial charge in [0.1, 0.15) is 0 Å². The van der Waals surface area contributed by atoms with Crippen LogP contribution in [0.15, 0.2) is 24.3 Å². The van der Waals surface area contributed by atoms with Crippen molar-refractivity contribution in [2.45, 2.75) is 25.3 Å². The highest BCUT2D eigenvalue weighted by atomic mass is 16.4. The summed E-state index contributed by atoms with van der Waals surface area (Å²) >= 11 is 0. The van der Waals surface area contributed by atoms with Gasteiger partial charge in [0.2, 0.25) is 5.91 Å². The molecule has 6 heteroatoms. The maximum atomic E-state index is 11.9. The minimum absolute atomic E-state index is 0.150. The van der Waals surface area contributed by atoms with E-state index in [0.29, 0.717) is 17.7 Å². The maximum Gasteiger partial charge on any atom is 0.307 e. The van der Waals surface area contributed by atoms with Gasteiger partial charge in [-0.25, -0.2) is 0 Å². The monoisotopic (exact) mass is 288 g/mol. The average Bonchev–Trinajstić information content (AvgIpc) is 3.32. The standard InChI is InChI=1S/C15H16N2O4/c18-13(16-9-4-5-9)8-2-1-3-10(6-8)17-14(19)11-7-12(11)15(20)21/h1-3,6,9,11-12H,4-5,7H2,(H,16,18)(H,17,19)(H,20,21). The maximum absolute atomic E-state index is 11.9. The number of hydrogen-bond acceptors (Lipinski definition) is 3. The van der Waals surface area contributed by atoms with Crippen LogP contribution in [0.4, 0.5) is 5.69 Å². The molecule has 6 nitrogen and oxygen atoms in total. The minimum atomic E-state index is -0.937. The Balaban J connectivity index is 1.62. The predicted octanol–water partition coefficient (Wildman–Crippen LogP) is 1.24. The topological polar surface area (TPSA) is 95.5 Å². The number of rotatable bonds is 5. The third-order valence-electron chi connectivity index (χ3n) is 3.75. The van der Waals surface area contributed by atoms with Crippen molar-refractivity contribution >= 4 is 23.5 Å². The molecule has 3 rings (SSSR count). The van der Waals surface area contributed by atoms with Crippen LogP contribution >= 0.6 is 0 Å². The van der Waals surface area contributed by atoms with Crippen LogP contribution in [0, 0.1) is 11.8 Å². The van der Waals surface area contributed by atoms with Crippen molar-refractivity contribution in [1.29, 1.82) is 0 Å². The molecule has 2 atom stereocenters. The van der Waals surface area contributed by atoms with Crippen molar-refractivity contribution in [3.8, 4) is 0 Å². The lowest BCUT2D eigenvalue weighted by Gasteiger charge is -2.07. The highest BCUT2D eigenvalue weighted by Gasteiger charge is 2.48. The number of amides is 2. The second kappa shape index (κ2) is 5.20. The quantitative estimate of drug-likeness (QED) is 0.759. The molecule has 0 spiro atoms. The van der Waals surface area contributed by atoms with Crippen LogP contribution in [0.25, 0.3) is 0 Å².